The summed E-state index contributed by atoms with van der Waals surface area (Å²) in [6, 6.07) is 0. The van der Waals surface area contributed by atoms with Gasteiger partial charge in [0.2, 0.25) is 5.91 Å². The second-order valence-electron chi connectivity index (χ2n) is 2.61. The van der Waals surface area contributed by atoms with Gasteiger partial charge in [-0.2, -0.15) is 0 Å². The zero-order valence-electron chi connectivity index (χ0n) is 7.89. The van der Waals surface area contributed by atoms with Crippen molar-refractivity contribution in [2.24, 2.45) is 0 Å². The SMILES string of the molecule is C=C(COCP(=O)(O)O)C(=O)NCC. The monoisotopic (exact) mass is 223 g/mol. The van der Waals surface area contributed by atoms with Gasteiger partial charge in [-0.1, -0.05) is 6.58 Å². The quantitative estimate of drug-likeness (QED) is 0.429. The first kappa shape index (κ1) is 13.3. The molecule has 82 valence electrons. The normalized spacial score (nSPS) is 11.1. The molecule has 0 aliphatic heterocycles. The van der Waals surface area contributed by atoms with Crippen molar-refractivity contribution in [3.05, 3.63) is 12.2 Å². The van der Waals surface area contributed by atoms with Crippen LogP contribution in [-0.2, 0) is 14.1 Å². The van der Waals surface area contributed by atoms with E-state index in [1.807, 2.05) is 0 Å². The maximum Gasteiger partial charge on any atom is 0.350 e. The first-order valence-electron chi connectivity index (χ1n) is 3.95. The second kappa shape index (κ2) is 5.93. The summed E-state index contributed by atoms with van der Waals surface area (Å²) in [7, 11) is -4.16. The smallest absolute Gasteiger partial charge is 0.350 e. The zero-order chi connectivity index (χ0) is 11.2. The summed E-state index contributed by atoms with van der Waals surface area (Å²) in [6.45, 7) is 5.44. The van der Waals surface area contributed by atoms with Gasteiger partial charge in [0.25, 0.3) is 0 Å². The van der Waals surface area contributed by atoms with Gasteiger partial charge < -0.3 is 19.8 Å². The third-order valence-electron chi connectivity index (χ3n) is 1.19. The van der Waals surface area contributed by atoms with Crippen molar-refractivity contribution < 1.29 is 23.9 Å². The van der Waals surface area contributed by atoms with Crippen LogP contribution in [0, 0.1) is 0 Å². The zero-order valence-corrected chi connectivity index (χ0v) is 8.79. The molecule has 1 amide bonds. The van der Waals surface area contributed by atoms with Gasteiger partial charge in [0.05, 0.1) is 6.61 Å². The molecule has 0 bridgehead atoms. The van der Waals surface area contributed by atoms with Crippen LogP contribution in [0.25, 0.3) is 0 Å². The average Bonchev–Trinajstić information content (AvgIpc) is 2.02. The minimum absolute atomic E-state index is 0.139. The van der Waals surface area contributed by atoms with Crippen molar-refractivity contribution >= 4 is 13.5 Å². The molecule has 0 aromatic carbocycles. The maximum absolute atomic E-state index is 11.0. The molecule has 0 aromatic heterocycles. The van der Waals surface area contributed by atoms with Crippen LogP contribution in [0.5, 0.6) is 0 Å². The van der Waals surface area contributed by atoms with E-state index in [-0.39, 0.29) is 18.1 Å². The Morgan fingerprint density at radius 1 is 1.57 bits per heavy atom. The molecule has 0 saturated heterocycles. The van der Waals surface area contributed by atoms with E-state index in [1.54, 1.807) is 6.92 Å². The van der Waals surface area contributed by atoms with Crippen molar-refractivity contribution in [3.63, 3.8) is 0 Å². The van der Waals surface area contributed by atoms with Crippen molar-refractivity contribution in [1.29, 1.82) is 0 Å². The molecule has 0 saturated carbocycles. The number of ether oxygens (including phenoxy) is 1. The second-order valence-corrected chi connectivity index (χ2v) is 4.19. The highest BCUT2D eigenvalue weighted by Gasteiger charge is 2.14. The Morgan fingerprint density at radius 2 is 2.14 bits per heavy atom. The van der Waals surface area contributed by atoms with Crippen molar-refractivity contribution in [2.45, 2.75) is 6.92 Å². The predicted molar refractivity (Wildman–Crippen MR) is 50.7 cm³/mol. The first-order valence-corrected chi connectivity index (χ1v) is 5.75. The van der Waals surface area contributed by atoms with Crippen molar-refractivity contribution in [1.82, 2.24) is 5.32 Å². The molecule has 14 heavy (non-hydrogen) atoms. The van der Waals surface area contributed by atoms with E-state index < -0.39 is 13.9 Å². The molecular weight excluding hydrogens is 209 g/mol. The molecule has 0 aliphatic rings. The van der Waals surface area contributed by atoms with Gasteiger partial charge in [-0.25, -0.2) is 0 Å². The third-order valence-corrected chi connectivity index (χ3v) is 1.71. The number of carbonyl (C=O) groups is 1. The van der Waals surface area contributed by atoms with Crippen molar-refractivity contribution in [3.8, 4) is 0 Å². The lowest BCUT2D eigenvalue weighted by Crippen LogP contribution is -2.26. The summed E-state index contributed by atoms with van der Waals surface area (Å²) in [5.41, 5.74) is 0.139. The molecule has 7 heteroatoms. The van der Waals surface area contributed by atoms with Crippen LogP contribution in [0.1, 0.15) is 6.92 Å². The number of hydrogen-bond acceptors (Lipinski definition) is 3. The molecule has 0 rings (SSSR count). The summed E-state index contributed by atoms with van der Waals surface area (Å²) in [4.78, 5) is 27.9. The molecule has 0 atom stereocenters. The molecular formula is C7H14NO5P. The van der Waals surface area contributed by atoms with E-state index in [0.29, 0.717) is 6.54 Å². The Balaban J connectivity index is 3.75. The highest BCUT2D eigenvalue weighted by atomic mass is 31.2. The lowest BCUT2D eigenvalue weighted by atomic mass is 10.3. The van der Waals surface area contributed by atoms with Crippen LogP contribution >= 0.6 is 7.60 Å². The van der Waals surface area contributed by atoms with Gasteiger partial charge in [0.15, 0.2) is 0 Å². The van der Waals surface area contributed by atoms with Crippen LogP contribution < -0.4 is 5.32 Å². The fourth-order valence-corrected chi connectivity index (χ4v) is 0.968. The standard InChI is InChI=1S/C7H14NO5P/c1-3-8-7(9)6(2)4-13-5-14(10,11)12/h2-5H2,1H3,(H,8,9)(H2,10,11,12). The molecule has 0 unspecified atom stereocenters. The van der Waals surface area contributed by atoms with Crippen LogP contribution in [0.2, 0.25) is 0 Å². The Labute approximate surface area is 82.1 Å². The molecule has 6 nitrogen and oxygen atoms in total. The lowest BCUT2D eigenvalue weighted by molar-refractivity contribution is -0.117. The van der Waals surface area contributed by atoms with E-state index in [1.165, 1.54) is 0 Å². The average molecular weight is 223 g/mol. The summed E-state index contributed by atoms with van der Waals surface area (Å²) >= 11 is 0. The molecule has 3 N–H and O–H groups in total. The highest BCUT2D eigenvalue weighted by Crippen LogP contribution is 2.33. The fraction of sp³-hybridized carbons (Fsp3) is 0.571. The van der Waals surface area contributed by atoms with E-state index in [0.717, 1.165) is 0 Å². The maximum atomic E-state index is 11.0. The minimum atomic E-state index is -4.16. The van der Waals surface area contributed by atoms with Gasteiger partial charge >= 0.3 is 7.60 Å². The first-order chi connectivity index (χ1) is 6.37. The highest BCUT2D eigenvalue weighted by molar-refractivity contribution is 7.51. The molecule has 0 radical (unpaired) electrons. The van der Waals surface area contributed by atoms with Crippen LogP contribution in [0.15, 0.2) is 12.2 Å². The molecule has 0 heterocycles. The largest absolute Gasteiger partial charge is 0.364 e. The predicted octanol–water partition coefficient (Wildman–Crippen LogP) is -0.170. The van der Waals surface area contributed by atoms with Gasteiger partial charge in [-0.05, 0) is 6.92 Å². The lowest BCUT2D eigenvalue weighted by Gasteiger charge is -2.07. The Kier molecular flexibility index (Phi) is 5.64. The Hall–Kier alpha value is -0.680. The van der Waals surface area contributed by atoms with Gasteiger partial charge in [-0.15, -0.1) is 0 Å². The van der Waals surface area contributed by atoms with Crippen LogP contribution in [0.4, 0.5) is 0 Å². The van der Waals surface area contributed by atoms with Gasteiger partial charge in [0, 0.05) is 12.1 Å². The third kappa shape index (κ3) is 6.80. The number of likely N-dealkylation sites (N-methyl/N-ethyl adjacent to an activating group) is 1. The van der Waals surface area contributed by atoms with E-state index in [9.17, 15) is 9.36 Å². The van der Waals surface area contributed by atoms with Crippen molar-refractivity contribution in [2.75, 3.05) is 19.5 Å². The topological polar surface area (TPSA) is 95.9 Å². The van der Waals surface area contributed by atoms with E-state index in [2.05, 4.69) is 16.6 Å². The number of rotatable bonds is 6. The summed E-state index contributed by atoms with van der Waals surface area (Å²) in [5.74, 6) is -0.377. The number of hydrogen-bond donors (Lipinski definition) is 3. The van der Waals surface area contributed by atoms with Gasteiger partial charge in [0.1, 0.15) is 6.35 Å². The van der Waals surface area contributed by atoms with Gasteiger partial charge in [-0.3, -0.25) is 9.36 Å². The van der Waals surface area contributed by atoms with Crippen LogP contribution in [-0.4, -0.2) is 35.2 Å². The Bertz CT molecular complexity index is 259. The summed E-state index contributed by atoms with van der Waals surface area (Å²) in [5, 5.41) is 2.48. The number of carbonyl (C=O) groups excluding carboxylic acids is 1. The molecule has 0 spiro atoms. The van der Waals surface area contributed by atoms with Crippen LogP contribution in [0.3, 0.4) is 0 Å². The summed E-state index contributed by atoms with van der Waals surface area (Å²) < 4.78 is 15.0. The Morgan fingerprint density at radius 3 is 2.57 bits per heavy atom. The fourth-order valence-electron chi connectivity index (χ4n) is 0.639. The molecule has 0 aliphatic carbocycles. The molecule has 0 fully saturated rings. The number of amides is 1. The molecule has 0 aromatic rings. The number of nitrogens with one attached hydrogen (secondary N) is 1. The van der Waals surface area contributed by atoms with E-state index in [4.69, 9.17) is 9.79 Å². The van der Waals surface area contributed by atoms with E-state index >= 15 is 0 Å². The summed E-state index contributed by atoms with van der Waals surface area (Å²) in [6.07, 6.45) is -0.703. The minimum Gasteiger partial charge on any atom is -0.364 e.